The summed E-state index contributed by atoms with van der Waals surface area (Å²) in [6.07, 6.45) is -0.748. The van der Waals surface area contributed by atoms with E-state index in [9.17, 15) is 0 Å². The van der Waals surface area contributed by atoms with Crippen LogP contribution >= 0.6 is 0 Å². The van der Waals surface area contributed by atoms with E-state index in [2.05, 4.69) is 6.58 Å². The SMILES string of the molecule is C=C1O[C@H](C2COC(C)(C)O2)C2OC(C)(C)OC12. The Balaban J connectivity index is 1.77. The zero-order valence-corrected chi connectivity index (χ0v) is 11.3. The van der Waals surface area contributed by atoms with Gasteiger partial charge in [0.05, 0.1) is 6.61 Å². The van der Waals surface area contributed by atoms with Gasteiger partial charge in [-0.2, -0.15) is 0 Å². The number of fused-ring (bicyclic) bond motifs is 1. The molecule has 3 heterocycles. The number of ether oxygens (including phenoxy) is 5. The second-order valence-electron chi connectivity index (χ2n) is 5.94. The average molecular weight is 256 g/mol. The molecule has 0 amide bonds. The van der Waals surface area contributed by atoms with Crippen molar-refractivity contribution < 1.29 is 23.7 Å². The number of hydrogen-bond acceptors (Lipinski definition) is 5. The van der Waals surface area contributed by atoms with Gasteiger partial charge in [0.15, 0.2) is 17.7 Å². The molecule has 4 atom stereocenters. The standard InChI is InChI=1S/C13H20O5/c1-7-9-11(18-13(4,5)17-9)10(15-7)8-6-14-12(2,3)16-8/h8-11H,1,6H2,2-5H3/t8?,9?,10-,11?/m1/s1. The van der Waals surface area contributed by atoms with Gasteiger partial charge in [0.1, 0.15) is 24.1 Å². The quantitative estimate of drug-likeness (QED) is 0.712. The number of rotatable bonds is 1. The van der Waals surface area contributed by atoms with Crippen molar-refractivity contribution in [1.29, 1.82) is 0 Å². The first-order valence-electron chi connectivity index (χ1n) is 6.30. The Morgan fingerprint density at radius 3 is 2.33 bits per heavy atom. The summed E-state index contributed by atoms with van der Waals surface area (Å²) in [6.45, 7) is 12.0. The van der Waals surface area contributed by atoms with Crippen molar-refractivity contribution >= 4 is 0 Å². The molecule has 0 spiro atoms. The molecular formula is C13H20O5. The molecule has 0 bridgehead atoms. The van der Waals surface area contributed by atoms with Gasteiger partial charge in [-0.1, -0.05) is 6.58 Å². The summed E-state index contributed by atoms with van der Waals surface area (Å²) >= 11 is 0. The first-order chi connectivity index (χ1) is 8.27. The van der Waals surface area contributed by atoms with Crippen molar-refractivity contribution in [3.8, 4) is 0 Å². The van der Waals surface area contributed by atoms with E-state index >= 15 is 0 Å². The molecule has 3 aliphatic rings. The molecule has 5 heteroatoms. The predicted octanol–water partition coefficient (Wildman–Crippen LogP) is 1.57. The minimum Gasteiger partial charge on any atom is -0.487 e. The molecule has 3 saturated heterocycles. The van der Waals surface area contributed by atoms with Gasteiger partial charge in [-0.15, -0.1) is 0 Å². The highest BCUT2D eigenvalue weighted by Crippen LogP contribution is 2.43. The van der Waals surface area contributed by atoms with Gasteiger partial charge >= 0.3 is 0 Å². The first-order valence-corrected chi connectivity index (χ1v) is 6.30. The smallest absolute Gasteiger partial charge is 0.164 e. The summed E-state index contributed by atoms with van der Waals surface area (Å²) < 4.78 is 28.8. The molecule has 102 valence electrons. The highest BCUT2D eigenvalue weighted by molar-refractivity contribution is 5.12. The molecule has 0 N–H and O–H groups in total. The highest BCUT2D eigenvalue weighted by atomic mass is 16.8. The third kappa shape index (κ3) is 1.95. The van der Waals surface area contributed by atoms with E-state index in [1.54, 1.807) is 0 Å². The van der Waals surface area contributed by atoms with Gasteiger partial charge in [-0.05, 0) is 27.7 Å². The average Bonchev–Trinajstić information content (AvgIpc) is 2.81. The van der Waals surface area contributed by atoms with Crippen LogP contribution in [0.15, 0.2) is 12.3 Å². The fraction of sp³-hybridized carbons (Fsp3) is 0.846. The Bertz CT molecular complexity index is 376. The van der Waals surface area contributed by atoms with Crippen molar-refractivity contribution in [1.82, 2.24) is 0 Å². The van der Waals surface area contributed by atoms with Gasteiger partial charge in [0, 0.05) is 0 Å². The lowest BCUT2D eigenvalue weighted by molar-refractivity contribution is -0.187. The molecule has 0 aromatic heterocycles. The van der Waals surface area contributed by atoms with Gasteiger partial charge in [0.25, 0.3) is 0 Å². The molecule has 3 fully saturated rings. The van der Waals surface area contributed by atoms with Crippen LogP contribution in [0.5, 0.6) is 0 Å². The molecule has 0 aromatic carbocycles. The Labute approximate surface area is 107 Å². The van der Waals surface area contributed by atoms with Crippen molar-refractivity contribution in [3.63, 3.8) is 0 Å². The summed E-state index contributed by atoms with van der Waals surface area (Å²) in [5.41, 5.74) is 0. The zero-order chi connectivity index (χ0) is 13.1. The second-order valence-corrected chi connectivity index (χ2v) is 5.94. The van der Waals surface area contributed by atoms with Crippen LogP contribution < -0.4 is 0 Å². The molecule has 3 aliphatic heterocycles. The van der Waals surface area contributed by atoms with Crippen LogP contribution in [0.4, 0.5) is 0 Å². The lowest BCUT2D eigenvalue weighted by Crippen LogP contribution is -2.40. The Morgan fingerprint density at radius 1 is 1.00 bits per heavy atom. The third-order valence-electron chi connectivity index (χ3n) is 3.45. The fourth-order valence-corrected chi connectivity index (χ4v) is 2.75. The van der Waals surface area contributed by atoms with Crippen molar-refractivity contribution in [2.75, 3.05) is 6.61 Å². The summed E-state index contributed by atoms with van der Waals surface area (Å²) in [6, 6.07) is 0. The van der Waals surface area contributed by atoms with E-state index in [-0.39, 0.29) is 24.4 Å². The van der Waals surface area contributed by atoms with E-state index in [1.807, 2.05) is 27.7 Å². The van der Waals surface area contributed by atoms with E-state index < -0.39 is 11.6 Å². The topological polar surface area (TPSA) is 46.2 Å². The van der Waals surface area contributed by atoms with Crippen LogP contribution in [0.25, 0.3) is 0 Å². The molecule has 0 saturated carbocycles. The van der Waals surface area contributed by atoms with E-state index in [0.717, 1.165) is 0 Å². The summed E-state index contributed by atoms with van der Waals surface area (Å²) in [4.78, 5) is 0. The number of hydrogen-bond donors (Lipinski definition) is 0. The maximum absolute atomic E-state index is 5.89. The normalized spacial score (nSPS) is 45.0. The molecule has 5 nitrogen and oxygen atoms in total. The second kappa shape index (κ2) is 3.70. The van der Waals surface area contributed by atoms with Crippen molar-refractivity contribution in [2.24, 2.45) is 0 Å². The minimum absolute atomic E-state index is 0.149. The molecule has 0 aliphatic carbocycles. The third-order valence-corrected chi connectivity index (χ3v) is 3.45. The van der Waals surface area contributed by atoms with E-state index in [4.69, 9.17) is 23.7 Å². The largest absolute Gasteiger partial charge is 0.487 e. The van der Waals surface area contributed by atoms with Gasteiger partial charge in [-0.3, -0.25) is 0 Å². The Morgan fingerprint density at radius 2 is 1.72 bits per heavy atom. The van der Waals surface area contributed by atoms with Crippen LogP contribution in [0, 0.1) is 0 Å². The van der Waals surface area contributed by atoms with Crippen LogP contribution in [0.2, 0.25) is 0 Å². The molecule has 3 unspecified atom stereocenters. The zero-order valence-electron chi connectivity index (χ0n) is 11.3. The molecule has 0 radical (unpaired) electrons. The highest BCUT2D eigenvalue weighted by Gasteiger charge is 2.57. The molecule has 3 rings (SSSR count). The van der Waals surface area contributed by atoms with E-state index in [0.29, 0.717) is 12.4 Å². The molecule has 18 heavy (non-hydrogen) atoms. The predicted molar refractivity (Wildman–Crippen MR) is 62.7 cm³/mol. The monoisotopic (exact) mass is 256 g/mol. The van der Waals surface area contributed by atoms with Crippen LogP contribution in [0.3, 0.4) is 0 Å². The Hall–Kier alpha value is -0.620. The van der Waals surface area contributed by atoms with Crippen molar-refractivity contribution in [2.45, 2.75) is 63.7 Å². The lowest BCUT2D eigenvalue weighted by Gasteiger charge is -2.25. The first kappa shape index (κ1) is 12.4. The minimum atomic E-state index is -0.602. The van der Waals surface area contributed by atoms with Gasteiger partial charge < -0.3 is 23.7 Å². The lowest BCUT2D eigenvalue weighted by atomic mass is 10.1. The van der Waals surface area contributed by atoms with Gasteiger partial charge in [-0.25, -0.2) is 0 Å². The maximum Gasteiger partial charge on any atom is 0.164 e. The fourth-order valence-electron chi connectivity index (χ4n) is 2.75. The van der Waals surface area contributed by atoms with Crippen LogP contribution in [-0.4, -0.2) is 42.6 Å². The maximum atomic E-state index is 5.89. The van der Waals surface area contributed by atoms with Crippen LogP contribution in [0.1, 0.15) is 27.7 Å². The summed E-state index contributed by atoms with van der Waals surface area (Å²) in [7, 11) is 0. The Kier molecular flexibility index (Phi) is 2.55. The molecule has 0 aromatic rings. The van der Waals surface area contributed by atoms with Crippen LogP contribution in [-0.2, 0) is 23.7 Å². The summed E-state index contributed by atoms with van der Waals surface area (Å²) in [5, 5.41) is 0. The van der Waals surface area contributed by atoms with E-state index in [1.165, 1.54) is 0 Å². The van der Waals surface area contributed by atoms with Crippen molar-refractivity contribution in [3.05, 3.63) is 12.3 Å². The summed E-state index contributed by atoms with van der Waals surface area (Å²) in [5.74, 6) is -0.554. The molecular weight excluding hydrogens is 236 g/mol. The van der Waals surface area contributed by atoms with Gasteiger partial charge in [0.2, 0.25) is 0 Å².